The Morgan fingerprint density at radius 2 is 1.76 bits per heavy atom. The van der Waals surface area contributed by atoms with Crippen LogP contribution in [-0.4, -0.2) is 36.9 Å². The molecule has 0 saturated heterocycles. The monoisotopic (exact) mass is 259 g/mol. The van der Waals surface area contributed by atoms with Crippen molar-refractivity contribution in [1.82, 2.24) is 0 Å². The standard InChI is InChI=1S/C10H13NO5S/c1-7(10(13)14)17(15,16)11(2)8-3-5-9(12)6-4-8/h3-7,12H,1-2H3,(H,13,14). The van der Waals surface area contributed by atoms with Gasteiger partial charge in [0, 0.05) is 7.05 Å². The highest BCUT2D eigenvalue weighted by atomic mass is 32.2. The van der Waals surface area contributed by atoms with E-state index in [1.807, 2.05) is 0 Å². The van der Waals surface area contributed by atoms with Gasteiger partial charge in [-0.25, -0.2) is 8.42 Å². The van der Waals surface area contributed by atoms with Gasteiger partial charge in [0.25, 0.3) is 0 Å². The van der Waals surface area contributed by atoms with E-state index in [-0.39, 0.29) is 11.4 Å². The highest BCUT2D eigenvalue weighted by Gasteiger charge is 2.31. The van der Waals surface area contributed by atoms with Crippen LogP contribution < -0.4 is 4.31 Å². The highest BCUT2D eigenvalue weighted by Crippen LogP contribution is 2.21. The van der Waals surface area contributed by atoms with Crippen molar-refractivity contribution in [3.63, 3.8) is 0 Å². The Morgan fingerprint density at radius 3 is 2.18 bits per heavy atom. The van der Waals surface area contributed by atoms with Gasteiger partial charge in [0.1, 0.15) is 5.75 Å². The topological polar surface area (TPSA) is 94.9 Å². The Labute approximate surface area is 99.2 Å². The first kappa shape index (κ1) is 13.3. The minimum Gasteiger partial charge on any atom is -0.508 e. The molecule has 0 amide bonds. The summed E-state index contributed by atoms with van der Waals surface area (Å²) in [6.45, 7) is 1.11. The molecule has 17 heavy (non-hydrogen) atoms. The van der Waals surface area contributed by atoms with E-state index < -0.39 is 21.2 Å². The van der Waals surface area contributed by atoms with Gasteiger partial charge in [0.05, 0.1) is 5.69 Å². The lowest BCUT2D eigenvalue weighted by Crippen LogP contribution is -2.38. The maximum Gasteiger partial charge on any atom is 0.323 e. The molecule has 0 saturated carbocycles. The van der Waals surface area contributed by atoms with Crippen molar-refractivity contribution in [1.29, 1.82) is 0 Å². The number of hydrogen-bond acceptors (Lipinski definition) is 4. The fourth-order valence-electron chi connectivity index (χ4n) is 1.17. The smallest absolute Gasteiger partial charge is 0.323 e. The maximum absolute atomic E-state index is 11.8. The van der Waals surface area contributed by atoms with Gasteiger partial charge >= 0.3 is 5.97 Å². The van der Waals surface area contributed by atoms with Crippen molar-refractivity contribution < 1.29 is 23.4 Å². The number of anilines is 1. The van der Waals surface area contributed by atoms with E-state index in [4.69, 9.17) is 10.2 Å². The van der Waals surface area contributed by atoms with Crippen LogP contribution in [0.15, 0.2) is 24.3 Å². The first-order valence-electron chi connectivity index (χ1n) is 4.76. The molecule has 0 spiro atoms. The van der Waals surface area contributed by atoms with E-state index in [2.05, 4.69) is 0 Å². The lowest BCUT2D eigenvalue weighted by Gasteiger charge is -2.21. The molecule has 0 aliphatic carbocycles. The van der Waals surface area contributed by atoms with Crippen LogP contribution in [0.25, 0.3) is 0 Å². The Morgan fingerprint density at radius 1 is 1.29 bits per heavy atom. The van der Waals surface area contributed by atoms with Gasteiger partial charge < -0.3 is 10.2 Å². The number of aromatic hydroxyl groups is 1. The van der Waals surface area contributed by atoms with Gasteiger partial charge in [-0.15, -0.1) is 0 Å². The van der Waals surface area contributed by atoms with Crippen molar-refractivity contribution in [3.05, 3.63) is 24.3 Å². The molecule has 1 aromatic rings. The van der Waals surface area contributed by atoms with Gasteiger partial charge in [-0.2, -0.15) is 0 Å². The number of benzene rings is 1. The molecule has 7 heteroatoms. The number of phenols is 1. The number of phenolic OH excluding ortho intramolecular Hbond substituents is 1. The van der Waals surface area contributed by atoms with Gasteiger partial charge in [0.15, 0.2) is 5.25 Å². The van der Waals surface area contributed by atoms with Crippen LogP contribution in [0.2, 0.25) is 0 Å². The number of nitrogens with zero attached hydrogens (tertiary/aromatic N) is 1. The summed E-state index contributed by atoms with van der Waals surface area (Å²) in [5, 5.41) is 16.3. The summed E-state index contributed by atoms with van der Waals surface area (Å²) < 4.78 is 24.6. The third-order valence-electron chi connectivity index (χ3n) is 2.39. The minimum absolute atomic E-state index is 0.00540. The fourth-order valence-corrected chi connectivity index (χ4v) is 2.32. The average Bonchev–Trinajstić information content (AvgIpc) is 2.27. The number of rotatable bonds is 4. The second-order valence-electron chi connectivity index (χ2n) is 3.51. The molecule has 0 aromatic heterocycles. The average molecular weight is 259 g/mol. The van der Waals surface area contributed by atoms with Crippen molar-refractivity contribution in [3.8, 4) is 5.75 Å². The molecule has 0 aliphatic rings. The molecule has 1 unspecified atom stereocenters. The summed E-state index contributed by atoms with van der Waals surface area (Å²) >= 11 is 0. The number of carbonyl (C=O) groups is 1. The second kappa shape index (κ2) is 4.62. The summed E-state index contributed by atoms with van der Waals surface area (Å²) in [5.41, 5.74) is 0.288. The van der Waals surface area contributed by atoms with E-state index in [0.29, 0.717) is 0 Å². The summed E-state index contributed by atoms with van der Waals surface area (Å²) in [5.74, 6) is -1.40. The number of carboxylic acid groups (broad SMARTS) is 1. The van der Waals surface area contributed by atoms with Crippen LogP contribution in [0, 0.1) is 0 Å². The molecule has 0 fully saturated rings. The van der Waals surface area contributed by atoms with E-state index in [9.17, 15) is 13.2 Å². The quantitative estimate of drug-likeness (QED) is 0.827. The molecule has 0 heterocycles. The Bertz CT molecular complexity index is 508. The lowest BCUT2D eigenvalue weighted by molar-refractivity contribution is -0.136. The third-order valence-corrected chi connectivity index (χ3v) is 4.46. The summed E-state index contributed by atoms with van der Waals surface area (Å²) in [4.78, 5) is 10.7. The van der Waals surface area contributed by atoms with Crippen molar-refractivity contribution >= 4 is 21.7 Å². The molecule has 2 N–H and O–H groups in total. The highest BCUT2D eigenvalue weighted by molar-refractivity contribution is 7.94. The second-order valence-corrected chi connectivity index (χ2v) is 5.79. The molecule has 94 valence electrons. The zero-order valence-electron chi connectivity index (χ0n) is 9.36. The Hall–Kier alpha value is -1.76. The van der Waals surface area contributed by atoms with Crippen molar-refractivity contribution in [2.45, 2.75) is 12.2 Å². The van der Waals surface area contributed by atoms with Crippen molar-refractivity contribution in [2.24, 2.45) is 0 Å². The van der Waals surface area contributed by atoms with Gasteiger partial charge in [-0.1, -0.05) is 0 Å². The largest absolute Gasteiger partial charge is 0.508 e. The molecular formula is C10H13NO5S. The van der Waals surface area contributed by atoms with Crippen LogP contribution in [-0.2, 0) is 14.8 Å². The maximum atomic E-state index is 11.8. The zero-order valence-corrected chi connectivity index (χ0v) is 10.2. The molecule has 1 rings (SSSR count). The number of sulfonamides is 1. The third kappa shape index (κ3) is 2.68. The SMILES string of the molecule is CC(C(=O)O)S(=O)(=O)N(C)c1ccc(O)cc1. The minimum atomic E-state index is -3.95. The summed E-state index contributed by atoms with van der Waals surface area (Å²) in [6.07, 6.45) is 0. The molecule has 1 atom stereocenters. The van der Waals surface area contributed by atoms with Crippen molar-refractivity contribution in [2.75, 3.05) is 11.4 Å². The van der Waals surface area contributed by atoms with Crippen LogP contribution >= 0.6 is 0 Å². The lowest BCUT2D eigenvalue weighted by atomic mass is 10.3. The molecule has 0 aliphatic heterocycles. The zero-order chi connectivity index (χ0) is 13.2. The normalized spacial score (nSPS) is 13.1. The predicted molar refractivity (Wildman–Crippen MR) is 62.5 cm³/mol. The summed E-state index contributed by atoms with van der Waals surface area (Å²) in [7, 11) is -2.69. The molecular weight excluding hydrogens is 246 g/mol. The molecule has 1 aromatic carbocycles. The predicted octanol–water partition coefficient (Wildman–Crippen LogP) is 0.631. The van der Waals surface area contributed by atoms with E-state index >= 15 is 0 Å². The Kier molecular flexibility index (Phi) is 3.62. The van der Waals surface area contributed by atoms with Gasteiger partial charge in [-0.3, -0.25) is 9.10 Å². The van der Waals surface area contributed by atoms with E-state index in [1.54, 1.807) is 0 Å². The molecule has 0 bridgehead atoms. The number of aliphatic carboxylic acids is 1. The van der Waals surface area contributed by atoms with Gasteiger partial charge in [-0.05, 0) is 31.2 Å². The fraction of sp³-hybridized carbons (Fsp3) is 0.300. The number of hydrogen-bond donors (Lipinski definition) is 2. The first-order chi connectivity index (χ1) is 7.76. The number of carboxylic acids is 1. The van der Waals surface area contributed by atoms with Crippen LogP contribution in [0.5, 0.6) is 5.75 Å². The molecule has 6 nitrogen and oxygen atoms in total. The van der Waals surface area contributed by atoms with Gasteiger partial charge in [0.2, 0.25) is 10.0 Å². The summed E-state index contributed by atoms with van der Waals surface area (Å²) in [6, 6.07) is 5.43. The Balaban J connectivity index is 3.08. The first-order valence-corrected chi connectivity index (χ1v) is 6.26. The molecule has 0 radical (unpaired) electrons. The van der Waals surface area contributed by atoms with Crippen LogP contribution in [0.3, 0.4) is 0 Å². The van der Waals surface area contributed by atoms with E-state index in [1.165, 1.54) is 31.3 Å². The van der Waals surface area contributed by atoms with E-state index in [0.717, 1.165) is 11.2 Å². The van der Waals surface area contributed by atoms with Crippen LogP contribution in [0.4, 0.5) is 5.69 Å². The van der Waals surface area contributed by atoms with Crippen LogP contribution in [0.1, 0.15) is 6.92 Å².